The highest BCUT2D eigenvalue weighted by molar-refractivity contribution is 5.93. The summed E-state index contributed by atoms with van der Waals surface area (Å²) in [5, 5.41) is 2.97. The summed E-state index contributed by atoms with van der Waals surface area (Å²) in [6.45, 7) is 9.73. The van der Waals surface area contributed by atoms with Gasteiger partial charge in [0.05, 0.1) is 0 Å². The van der Waals surface area contributed by atoms with Crippen LogP contribution in [0.5, 0.6) is 0 Å². The molecule has 0 radical (unpaired) electrons. The minimum absolute atomic E-state index is 0.0250. The van der Waals surface area contributed by atoms with Crippen molar-refractivity contribution in [2.24, 2.45) is 11.8 Å². The van der Waals surface area contributed by atoms with Gasteiger partial charge >= 0.3 is 0 Å². The van der Waals surface area contributed by atoms with Crippen molar-refractivity contribution in [1.29, 1.82) is 0 Å². The molecular weight excluding hydrogens is 393 g/mol. The third-order valence-electron chi connectivity index (χ3n) is 7.02. The van der Waals surface area contributed by atoms with E-state index in [4.69, 9.17) is 0 Å². The Balaban J connectivity index is 1.60. The number of piperazine rings is 1. The van der Waals surface area contributed by atoms with Crippen molar-refractivity contribution in [3.63, 3.8) is 0 Å². The van der Waals surface area contributed by atoms with Crippen LogP contribution in [0.15, 0.2) is 12.1 Å². The van der Waals surface area contributed by atoms with E-state index >= 15 is 0 Å². The number of hydrogen-bond donors (Lipinski definition) is 1. The molecule has 1 aromatic rings. The van der Waals surface area contributed by atoms with Gasteiger partial charge in [-0.25, -0.2) is 4.39 Å². The number of nitrogens with one attached hydrogen (secondary N) is 1. The normalized spacial score (nSPS) is 18.9. The summed E-state index contributed by atoms with van der Waals surface area (Å²) in [7, 11) is 0. The Labute approximate surface area is 186 Å². The van der Waals surface area contributed by atoms with Crippen molar-refractivity contribution >= 4 is 17.5 Å². The van der Waals surface area contributed by atoms with E-state index in [0.717, 1.165) is 69.4 Å². The zero-order valence-electron chi connectivity index (χ0n) is 19.4. The van der Waals surface area contributed by atoms with Gasteiger partial charge < -0.3 is 10.2 Å². The molecule has 172 valence electrons. The summed E-state index contributed by atoms with van der Waals surface area (Å²) < 4.78 is 14.4. The van der Waals surface area contributed by atoms with Crippen LogP contribution in [0.4, 0.5) is 10.1 Å². The number of halogens is 1. The van der Waals surface area contributed by atoms with E-state index in [2.05, 4.69) is 17.1 Å². The predicted molar refractivity (Wildman–Crippen MR) is 122 cm³/mol. The standard InChI is InChI=1S/C25H38FN3O2/c1-4-8-19(5-2)24(30)27-23-16-22(26)15-21(18(23)3)17-28-11-13-29(14-12-28)25(31)20-9-6-7-10-20/h15-16,19-20H,4-14,17H2,1-3H3,(H,27,30). The second-order valence-electron chi connectivity index (χ2n) is 9.20. The van der Waals surface area contributed by atoms with Gasteiger partial charge in [0.15, 0.2) is 0 Å². The van der Waals surface area contributed by atoms with Crippen molar-refractivity contribution < 1.29 is 14.0 Å². The second kappa shape index (κ2) is 11.1. The van der Waals surface area contributed by atoms with Crippen LogP contribution in [0.1, 0.15) is 69.9 Å². The maximum absolute atomic E-state index is 14.4. The number of hydrogen-bond acceptors (Lipinski definition) is 3. The number of benzene rings is 1. The molecule has 1 saturated carbocycles. The van der Waals surface area contributed by atoms with Gasteiger partial charge in [-0.15, -0.1) is 0 Å². The summed E-state index contributed by atoms with van der Waals surface area (Å²) in [6, 6.07) is 3.00. The second-order valence-corrected chi connectivity index (χ2v) is 9.20. The molecule has 0 spiro atoms. The van der Waals surface area contributed by atoms with E-state index in [1.807, 2.05) is 18.7 Å². The number of carbonyl (C=O) groups is 2. The third kappa shape index (κ3) is 6.06. The molecule has 1 atom stereocenters. The highest BCUT2D eigenvalue weighted by Gasteiger charge is 2.29. The quantitative estimate of drug-likeness (QED) is 0.647. The summed E-state index contributed by atoms with van der Waals surface area (Å²) >= 11 is 0. The fraction of sp³-hybridized carbons (Fsp3) is 0.680. The van der Waals surface area contributed by atoms with Gasteiger partial charge in [-0.1, -0.05) is 33.1 Å². The number of anilines is 1. The average Bonchev–Trinajstić information content (AvgIpc) is 3.30. The van der Waals surface area contributed by atoms with Crippen molar-refractivity contribution in [3.05, 3.63) is 29.1 Å². The number of amides is 2. The van der Waals surface area contributed by atoms with Crippen LogP contribution in [-0.4, -0.2) is 47.8 Å². The van der Waals surface area contributed by atoms with E-state index < -0.39 is 0 Å². The van der Waals surface area contributed by atoms with Crippen molar-refractivity contribution in [1.82, 2.24) is 9.80 Å². The molecule has 1 N–H and O–H groups in total. The Morgan fingerprint density at radius 1 is 1.13 bits per heavy atom. The van der Waals surface area contributed by atoms with Gasteiger partial charge in [0.25, 0.3) is 0 Å². The van der Waals surface area contributed by atoms with Gasteiger partial charge in [-0.2, -0.15) is 0 Å². The number of rotatable bonds is 8. The van der Waals surface area contributed by atoms with Crippen molar-refractivity contribution in [2.75, 3.05) is 31.5 Å². The Kier molecular flexibility index (Phi) is 8.47. The van der Waals surface area contributed by atoms with Gasteiger partial charge in [0.1, 0.15) is 5.82 Å². The molecule has 1 aliphatic heterocycles. The minimum atomic E-state index is -0.325. The molecule has 2 aliphatic rings. The lowest BCUT2D eigenvalue weighted by molar-refractivity contribution is -0.137. The lowest BCUT2D eigenvalue weighted by atomic mass is 9.99. The molecule has 5 nitrogen and oxygen atoms in total. The van der Waals surface area contributed by atoms with Crippen molar-refractivity contribution in [3.8, 4) is 0 Å². The Morgan fingerprint density at radius 3 is 2.42 bits per heavy atom. The van der Waals surface area contributed by atoms with Crippen molar-refractivity contribution in [2.45, 2.75) is 72.3 Å². The molecular formula is C25H38FN3O2. The zero-order chi connectivity index (χ0) is 22.4. The first-order valence-corrected chi connectivity index (χ1v) is 12.0. The van der Waals surface area contributed by atoms with Crippen LogP contribution in [0, 0.1) is 24.6 Å². The van der Waals surface area contributed by atoms with Crippen LogP contribution in [-0.2, 0) is 16.1 Å². The lowest BCUT2D eigenvalue weighted by Crippen LogP contribution is -2.49. The van der Waals surface area contributed by atoms with Crippen LogP contribution < -0.4 is 5.32 Å². The van der Waals surface area contributed by atoms with Crippen LogP contribution in [0.25, 0.3) is 0 Å². The number of nitrogens with zero attached hydrogens (tertiary/aromatic N) is 2. The van der Waals surface area contributed by atoms with Gasteiger partial charge in [0, 0.05) is 50.2 Å². The SMILES string of the molecule is CCCC(CC)C(=O)Nc1cc(F)cc(CN2CCN(C(=O)C3CCCC3)CC2)c1C. The molecule has 2 amide bonds. The minimum Gasteiger partial charge on any atom is -0.340 e. The molecule has 31 heavy (non-hydrogen) atoms. The van der Waals surface area contributed by atoms with E-state index in [1.54, 1.807) is 6.07 Å². The summed E-state index contributed by atoms with van der Waals surface area (Å²) in [4.78, 5) is 29.6. The molecule has 3 rings (SSSR count). The Morgan fingerprint density at radius 2 is 1.81 bits per heavy atom. The first-order chi connectivity index (χ1) is 14.9. The maximum atomic E-state index is 14.4. The smallest absolute Gasteiger partial charge is 0.227 e. The Hall–Kier alpha value is -1.95. The van der Waals surface area contributed by atoms with Crippen LogP contribution >= 0.6 is 0 Å². The van der Waals surface area contributed by atoms with Gasteiger partial charge in [0.2, 0.25) is 11.8 Å². The summed E-state index contributed by atoms with van der Waals surface area (Å²) in [5.74, 6) is 0.156. The molecule has 1 saturated heterocycles. The molecule has 1 heterocycles. The zero-order valence-corrected chi connectivity index (χ0v) is 19.4. The fourth-order valence-corrected chi connectivity index (χ4v) is 4.93. The van der Waals surface area contributed by atoms with Gasteiger partial charge in [-0.05, 0) is 55.9 Å². The van der Waals surface area contributed by atoms with E-state index in [-0.39, 0.29) is 23.6 Å². The largest absolute Gasteiger partial charge is 0.340 e. The maximum Gasteiger partial charge on any atom is 0.227 e. The predicted octanol–water partition coefficient (Wildman–Crippen LogP) is 4.73. The van der Waals surface area contributed by atoms with Gasteiger partial charge in [-0.3, -0.25) is 14.5 Å². The molecule has 1 aliphatic carbocycles. The van der Waals surface area contributed by atoms with Crippen LogP contribution in [0.2, 0.25) is 0 Å². The first-order valence-electron chi connectivity index (χ1n) is 12.0. The molecule has 1 unspecified atom stereocenters. The molecule has 2 fully saturated rings. The monoisotopic (exact) mass is 431 g/mol. The Bertz CT molecular complexity index is 768. The third-order valence-corrected chi connectivity index (χ3v) is 7.02. The van der Waals surface area contributed by atoms with E-state index in [1.165, 1.54) is 18.9 Å². The number of carbonyl (C=O) groups excluding carboxylic acids is 2. The van der Waals surface area contributed by atoms with E-state index in [9.17, 15) is 14.0 Å². The molecule has 6 heteroatoms. The summed E-state index contributed by atoms with van der Waals surface area (Å²) in [6.07, 6.45) is 6.99. The molecule has 0 aromatic heterocycles. The summed E-state index contributed by atoms with van der Waals surface area (Å²) in [5.41, 5.74) is 2.39. The molecule has 1 aromatic carbocycles. The topological polar surface area (TPSA) is 52.7 Å². The highest BCUT2D eigenvalue weighted by Crippen LogP contribution is 2.28. The molecule has 0 bridgehead atoms. The first kappa shape index (κ1) is 23.7. The highest BCUT2D eigenvalue weighted by atomic mass is 19.1. The fourth-order valence-electron chi connectivity index (χ4n) is 4.93. The van der Waals surface area contributed by atoms with Crippen LogP contribution in [0.3, 0.4) is 0 Å². The average molecular weight is 432 g/mol. The van der Waals surface area contributed by atoms with E-state index in [0.29, 0.717) is 18.1 Å². The lowest BCUT2D eigenvalue weighted by Gasteiger charge is -2.36.